The number of ether oxygens (including phenoxy) is 1. The van der Waals surface area contributed by atoms with E-state index in [0.29, 0.717) is 12.1 Å². The number of carbonyl (C=O) groups excluding carboxylic acids is 1. The number of carbonyl (C=O) groups is 1. The van der Waals surface area contributed by atoms with Gasteiger partial charge in [-0.2, -0.15) is 5.10 Å². The monoisotopic (exact) mass is 403 g/mol. The van der Waals surface area contributed by atoms with E-state index >= 15 is 0 Å². The second kappa shape index (κ2) is 8.38. The lowest BCUT2D eigenvalue weighted by molar-refractivity contribution is -0.274. The van der Waals surface area contributed by atoms with Crippen molar-refractivity contribution in [1.82, 2.24) is 9.78 Å². The van der Waals surface area contributed by atoms with Gasteiger partial charge in [0, 0.05) is 17.8 Å². The molecule has 0 atom stereocenters. The topological polar surface area (TPSA) is 56.2 Å². The largest absolute Gasteiger partial charge is 0.573 e. The summed E-state index contributed by atoms with van der Waals surface area (Å²) in [7, 11) is 0. The quantitative estimate of drug-likeness (QED) is 0.633. The summed E-state index contributed by atoms with van der Waals surface area (Å²) in [5.41, 5.74) is 4.34. The zero-order chi connectivity index (χ0) is 21.0. The van der Waals surface area contributed by atoms with Crippen molar-refractivity contribution in [3.63, 3.8) is 0 Å². The fourth-order valence-corrected chi connectivity index (χ4v) is 2.92. The molecule has 0 aliphatic heterocycles. The van der Waals surface area contributed by atoms with Crippen LogP contribution in [0, 0.1) is 13.8 Å². The number of anilines is 1. The summed E-state index contributed by atoms with van der Waals surface area (Å²) in [6, 6.07) is 14.8. The van der Waals surface area contributed by atoms with Crippen molar-refractivity contribution in [2.75, 3.05) is 5.32 Å². The molecule has 0 saturated heterocycles. The van der Waals surface area contributed by atoms with E-state index in [9.17, 15) is 18.0 Å². The second-order valence-electron chi connectivity index (χ2n) is 6.63. The molecular formula is C21H20F3N3O2. The Morgan fingerprint density at radius 1 is 1.07 bits per heavy atom. The number of benzene rings is 2. The number of hydrogen-bond acceptors (Lipinski definition) is 3. The van der Waals surface area contributed by atoms with Crippen molar-refractivity contribution in [1.29, 1.82) is 0 Å². The second-order valence-corrected chi connectivity index (χ2v) is 6.63. The molecule has 152 valence electrons. The van der Waals surface area contributed by atoms with Crippen molar-refractivity contribution < 1.29 is 22.7 Å². The fraction of sp³-hybridized carbons (Fsp3) is 0.238. The lowest BCUT2D eigenvalue weighted by Crippen LogP contribution is -2.17. The van der Waals surface area contributed by atoms with Crippen LogP contribution in [0.25, 0.3) is 5.69 Å². The molecule has 1 heterocycles. The van der Waals surface area contributed by atoms with Crippen molar-refractivity contribution >= 4 is 11.6 Å². The predicted molar refractivity (Wildman–Crippen MR) is 103 cm³/mol. The number of aromatic nitrogens is 2. The summed E-state index contributed by atoms with van der Waals surface area (Å²) in [4.78, 5) is 12.1. The van der Waals surface area contributed by atoms with E-state index in [1.54, 1.807) is 0 Å². The third-order valence-corrected chi connectivity index (χ3v) is 4.20. The van der Waals surface area contributed by atoms with Crippen LogP contribution < -0.4 is 10.1 Å². The lowest BCUT2D eigenvalue weighted by Gasteiger charge is -2.10. The number of hydrogen-bond donors (Lipinski definition) is 1. The van der Waals surface area contributed by atoms with Crippen LogP contribution in [0.1, 0.15) is 23.4 Å². The predicted octanol–water partition coefficient (Wildman–Crippen LogP) is 4.96. The van der Waals surface area contributed by atoms with Crippen molar-refractivity contribution in [2.45, 2.75) is 33.1 Å². The van der Waals surface area contributed by atoms with E-state index in [-0.39, 0.29) is 18.1 Å². The molecule has 3 rings (SSSR count). The first-order chi connectivity index (χ1) is 13.7. The van der Waals surface area contributed by atoms with Gasteiger partial charge in [0.25, 0.3) is 0 Å². The summed E-state index contributed by atoms with van der Waals surface area (Å²) < 4.78 is 42.1. The Labute approximate surface area is 166 Å². The van der Waals surface area contributed by atoms with E-state index in [1.807, 2.05) is 48.9 Å². The van der Waals surface area contributed by atoms with Gasteiger partial charge in [0.1, 0.15) is 5.75 Å². The lowest BCUT2D eigenvalue weighted by atomic mass is 10.1. The van der Waals surface area contributed by atoms with Crippen LogP contribution in [0.3, 0.4) is 0 Å². The van der Waals surface area contributed by atoms with E-state index in [2.05, 4.69) is 15.2 Å². The van der Waals surface area contributed by atoms with Gasteiger partial charge in [0.15, 0.2) is 0 Å². The maximum atomic E-state index is 12.2. The Morgan fingerprint density at radius 2 is 1.72 bits per heavy atom. The summed E-state index contributed by atoms with van der Waals surface area (Å²) >= 11 is 0. The molecule has 1 amide bonds. The van der Waals surface area contributed by atoms with Gasteiger partial charge < -0.3 is 10.1 Å². The van der Waals surface area contributed by atoms with E-state index < -0.39 is 6.36 Å². The maximum Gasteiger partial charge on any atom is 0.573 e. The van der Waals surface area contributed by atoms with Gasteiger partial charge in [0.05, 0.1) is 11.4 Å². The SMILES string of the molecule is Cc1cc(C)n(-c2ccc(CCC(=O)Nc3ccc(OC(F)(F)F)cc3)cc2)n1. The summed E-state index contributed by atoms with van der Waals surface area (Å²) in [6.45, 7) is 3.92. The van der Waals surface area contributed by atoms with Gasteiger partial charge in [-0.3, -0.25) is 4.79 Å². The van der Waals surface area contributed by atoms with Gasteiger partial charge in [-0.15, -0.1) is 13.2 Å². The average Bonchev–Trinajstić information content (AvgIpc) is 2.99. The first-order valence-corrected chi connectivity index (χ1v) is 8.98. The highest BCUT2D eigenvalue weighted by molar-refractivity contribution is 5.90. The van der Waals surface area contributed by atoms with Crippen LogP contribution >= 0.6 is 0 Å². The van der Waals surface area contributed by atoms with E-state index in [1.165, 1.54) is 12.1 Å². The van der Waals surface area contributed by atoms with E-state index in [0.717, 1.165) is 34.8 Å². The molecule has 0 spiro atoms. The highest BCUT2D eigenvalue weighted by atomic mass is 19.4. The number of nitrogens with zero attached hydrogens (tertiary/aromatic N) is 2. The molecule has 0 aliphatic rings. The first kappa shape index (κ1) is 20.4. The van der Waals surface area contributed by atoms with Gasteiger partial charge in [-0.25, -0.2) is 4.68 Å². The molecule has 0 radical (unpaired) electrons. The molecule has 0 bridgehead atoms. The molecular weight excluding hydrogens is 383 g/mol. The Morgan fingerprint density at radius 3 is 2.28 bits per heavy atom. The zero-order valence-corrected chi connectivity index (χ0v) is 16.0. The molecule has 0 fully saturated rings. The van der Waals surface area contributed by atoms with Crippen molar-refractivity contribution in [3.05, 3.63) is 71.5 Å². The van der Waals surface area contributed by atoms with Crippen molar-refractivity contribution in [2.24, 2.45) is 0 Å². The molecule has 5 nitrogen and oxygen atoms in total. The van der Waals surface area contributed by atoms with Crippen molar-refractivity contribution in [3.8, 4) is 11.4 Å². The highest BCUT2D eigenvalue weighted by Crippen LogP contribution is 2.24. The third-order valence-electron chi connectivity index (χ3n) is 4.20. The standard InChI is InChI=1S/C21H20F3N3O2/c1-14-13-15(2)27(26-14)18-8-3-16(4-9-18)5-12-20(28)25-17-6-10-19(11-7-17)29-21(22,23)24/h3-4,6-11,13H,5,12H2,1-2H3,(H,25,28). The number of amides is 1. The molecule has 2 aromatic carbocycles. The molecule has 0 unspecified atom stereocenters. The third kappa shape index (κ3) is 5.84. The molecule has 0 saturated carbocycles. The summed E-state index contributed by atoms with van der Waals surface area (Å²) in [6.07, 6.45) is -3.95. The minimum atomic E-state index is -4.74. The minimum absolute atomic E-state index is 0.225. The van der Waals surface area contributed by atoms with Gasteiger partial charge in [0.2, 0.25) is 5.91 Å². The molecule has 0 aliphatic carbocycles. The Bertz CT molecular complexity index is 978. The van der Waals surface area contributed by atoms with Gasteiger partial charge >= 0.3 is 6.36 Å². The maximum absolute atomic E-state index is 12.2. The Kier molecular flexibility index (Phi) is 5.91. The van der Waals surface area contributed by atoms with E-state index in [4.69, 9.17) is 0 Å². The van der Waals surface area contributed by atoms with Crippen LogP contribution in [0.4, 0.5) is 18.9 Å². The van der Waals surface area contributed by atoms with Crippen LogP contribution in [-0.4, -0.2) is 22.1 Å². The Balaban J connectivity index is 1.52. The zero-order valence-electron chi connectivity index (χ0n) is 16.0. The number of halogens is 3. The normalized spacial score (nSPS) is 11.3. The molecule has 8 heteroatoms. The smallest absolute Gasteiger partial charge is 0.406 e. The van der Waals surface area contributed by atoms with Gasteiger partial charge in [-0.1, -0.05) is 12.1 Å². The highest BCUT2D eigenvalue weighted by Gasteiger charge is 2.30. The number of alkyl halides is 3. The Hall–Kier alpha value is -3.29. The van der Waals surface area contributed by atoms with Gasteiger partial charge in [-0.05, 0) is 68.3 Å². The van der Waals surface area contributed by atoms with Crippen LogP contribution in [0.5, 0.6) is 5.75 Å². The average molecular weight is 403 g/mol. The summed E-state index contributed by atoms with van der Waals surface area (Å²) in [5, 5.41) is 7.10. The summed E-state index contributed by atoms with van der Waals surface area (Å²) in [5.74, 6) is -0.560. The van der Waals surface area contributed by atoms with Crippen LogP contribution in [-0.2, 0) is 11.2 Å². The molecule has 3 aromatic rings. The minimum Gasteiger partial charge on any atom is -0.406 e. The molecule has 1 N–H and O–H groups in total. The molecule has 1 aromatic heterocycles. The molecule has 29 heavy (non-hydrogen) atoms. The number of aryl methyl sites for hydroxylation is 3. The van der Waals surface area contributed by atoms with Crippen LogP contribution in [0.2, 0.25) is 0 Å². The number of nitrogens with one attached hydrogen (secondary N) is 1. The van der Waals surface area contributed by atoms with Crippen LogP contribution in [0.15, 0.2) is 54.6 Å². The fourth-order valence-electron chi connectivity index (χ4n) is 2.92. The first-order valence-electron chi connectivity index (χ1n) is 8.98. The number of rotatable bonds is 6.